The molecule has 126 valence electrons. The van der Waals surface area contributed by atoms with Gasteiger partial charge in [-0.25, -0.2) is 0 Å². The maximum absolute atomic E-state index is 11.7. The second-order valence-corrected chi connectivity index (χ2v) is 5.78. The van der Waals surface area contributed by atoms with E-state index in [4.69, 9.17) is 10.5 Å². The zero-order valence-corrected chi connectivity index (χ0v) is 14.6. The number of amides is 1. The van der Waals surface area contributed by atoms with Crippen molar-refractivity contribution in [2.75, 3.05) is 13.2 Å². The summed E-state index contributed by atoms with van der Waals surface area (Å²) in [4.78, 5) is 11.7. The van der Waals surface area contributed by atoms with Crippen molar-refractivity contribution in [2.24, 2.45) is 11.7 Å². The van der Waals surface area contributed by atoms with Crippen molar-refractivity contribution in [2.45, 2.75) is 46.1 Å². The second-order valence-electron chi connectivity index (χ2n) is 5.78. The Hall–Kier alpha value is -1.26. The Morgan fingerprint density at radius 3 is 2.41 bits per heavy atom. The minimum atomic E-state index is -0.0000106. The first-order chi connectivity index (χ1) is 10.0. The topological polar surface area (TPSA) is 64.3 Å². The molecular weight excluding hydrogens is 300 g/mol. The van der Waals surface area contributed by atoms with E-state index in [1.54, 1.807) is 0 Å². The Kier molecular flexibility index (Phi) is 10.7. The molecule has 0 spiro atoms. The summed E-state index contributed by atoms with van der Waals surface area (Å²) in [6.45, 7) is 7.63. The molecule has 0 saturated carbocycles. The molecule has 3 N–H and O–H groups in total. The van der Waals surface area contributed by atoms with E-state index in [1.807, 2.05) is 31.2 Å². The summed E-state index contributed by atoms with van der Waals surface area (Å²) in [5, 5.41) is 2.97. The van der Waals surface area contributed by atoms with Gasteiger partial charge >= 0.3 is 0 Å². The Balaban J connectivity index is 0.00000441. The lowest BCUT2D eigenvalue weighted by atomic mass is 10.1. The molecular formula is C17H29ClN2O2. The summed E-state index contributed by atoms with van der Waals surface area (Å²) in [6.07, 6.45) is 2.26. The van der Waals surface area contributed by atoms with Gasteiger partial charge in [0, 0.05) is 6.42 Å². The van der Waals surface area contributed by atoms with Gasteiger partial charge in [-0.15, -0.1) is 12.4 Å². The molecule has 0 radical (unpaired) electrons. The Morgan fingerprint density at radius 1 is 1.23 bits per heavy atom. The van der Waals surface area contributed by atoms with Crippen molar-refractivity contribution in [3.05, 3.63) is 29.8 Å². The summed E-state index contributed by atoms with van der Waals surface area (Å²) in [7, 11) is 0. The normalized spacial score (nSPS) is 11.7. The van der Waals surface area contributed by atoms with Crippen LogP contribution in [0.1, 0.15) is 51.6 Å². The molecule has 0 aliphatic rings. The highest BCUT2D eigenvalue weighted by molar-refractivity contribution is 5.85. The summed E-state index contributed by atoms with van der Waals surface area (Å²) in [6, 6.07) is 7.91. The molecule has 0 bridgehead atoms. The van der Waals surface area contributed by atoms with Crippen LogP contribution >= 0.6 is 12.4 Å². The SMILES string of the molecule is CC(C)CCOc1ccc(C(C)NC(=O)CCCN)cc1.Cl. The van der Waals surface area contributed by atoms with Gasteiger partial charge in [0.15, 0.2) is 0 Å². The van der Waals surface area contributed by atoms with Gasteiger partial charge in [0.25, 0.3) is 0 Å². The number of hydrogen-bond acceptors (Lipinski definition) is 3. The molecule has 1 unspecified atom stereocenters. The Bertz CT molecular complexity index is 421. The van der Waals surface area contributed by atoms with Gasteiger partial charge in [-0.2, -0.15) is 0 Å². The molecule has 1 atom stereocenters. The molecule has 22 heavy (non-hydrogen) atoms. The Morgan fingerprint density at radius 2 is 1.86 bits per heavy atom. The van der Waals surface area contributed by atoms with E-state index in [0.717, 1.165) is 30.8 Å². The number of benzene rings is 1. The van der Waals surface area contributed by atoms with Gasteiger partial charge < -0.3 is 15.8 Å². The zero-order chi connectivity index (χ0) is 15.7. The molecule has 0 saturated heterocycles. The van der Waals surface area contributed by atoms with Gasteiger partial charge in [-0.3, -0.25) is 4.79 Å². The number of halogens is 1. The molecule has 0 fully saturated rings. The summed E-state index contributed by atoms with van der Waals surface area (Å²) in [5.41, 5.74) is 6.48. The number of nitrogens with two attached hydrogens (primary N) is 1. The van der Waals surface area contributed by atoms with Crippen LogP contribution in [-0.2, 0) is 4.79 Å². The largest absolute Gasteiger partial charge is 0.494 e. The number of nitrogens with one attached hydrogen (secondary N) is 1. The van der Waals surface area contributed by atoms with E-state index in [2.05, 4.69) is 19.2 Å². The van der Waals surface area contributed by atoms with Gasteiger partial charge in [0.2, 0.25) is 5.91 Å². The highest BCUT2D eigenvalue weighted by Crippen LogP contribution is 2.18. The van der Waals surface area contributed by atoms with Gasteiger partial charge in [-0.05, 0) is 49.9 Å². The minimum Gasteiger partial charge on any atom is -0.494 e. The first-order valence-electron chi connectivity index (χ1n) is 7.75. The van der Waals surface area contributed by atoms with E-state index in [-0.39, 0.29) is 24.4 Å². The smallest absolute Gasteiger partial charge is 0.220 e. The minimum absolute atomic E-state index is 0. The number of rotatable bonds is 9. The molecule has 0 heterocycles. The van der Waals surface area contributed by atoms with Crippen molar-refractivity contribution in [1.29, 1.82) is 0 Å². The van der Waals surface area contributed by atoms with Crippen LogP contribution in [0.15, 0.2) is 24.3 Å². The van der Waals surface area contributed by atoms with E-state index in [0.29, 0.717) is 18.9 Å². The van der Waals surface area contributed by atoms with Crippen molar-refractivity contribution in [1.82, 2.24) is 5.32 Å². The van der Waals surface area contributed by atoms with Crippen LogP contribution in [0.25, 0.3) is 0 Å². The van der Waals surface area contributed by atoms with Crippen LogP contribution in [0.3, 0.4) is 0 Å². The molecule has 5 heteroatoms. The molecule has 0 aliphatic heterocycles. The van der Waals surface area contributed by atoms with Crippen molar-refractivity contribution >= 4 is 18.3 Å². The lowest BCUT2D eigenvalue weighted by Crippen LogP contribution is -2.26. The van der Waals surface area contributed by atoms with E-state index in [1.165, 1.54) is 0 Å². The predicted octanol–water partition coefficient (Wildman–Crippen LogP) is 3.45. The summed E-state index contributed by atoms with van der Waals surface area (Å²) < 4.78 is 5.68. The highest BCUT2D eigenvalue weighted by atomic mass is 35.5. The van der Waals surface area contributed by atoms with E-state index in [9.17, 15) is 4.79 Å². The molecule has 0 aromatic heterocycles. The quantitative estimate of drug-likeness (QED) is 0.729. The molecule has 1 aromatic rings. The summed E-state index contributed by atoms with van der Waals surface area (Å²) >= 11 is 0. The third-order valence-electron chi connectivity index (χ3n) is 3.33. The van der Waals surface area contributed by atoms with Gasteiger partial charge in [-0.1, -0.05) is 26.0 Å². The van der Waals surface area contributed by atoms with Crippen molar-refractivity contribution < 1.29 is 9.53 Å². The van der Waals surface area contributed by atoms with Crippen LogP contribution in [0.2, 0.25) is 0 Å². The first kappa shape index (κ1) is 20.7. The maximum atomic E-state index is 11.7. The highest BCUT2D eigenvalue weighted by Gasteiger charge is 2.09. The number of ether oxygens (including phenoxy) is 1. The molecule has 1 rings (SSSR count). The molecule has 1 aromatic carbocycles. The predicted molar refractivity (Wildman–Crippen MR) is 93.5 cm³/mol. The average molecular weight is 329 g/mol. The summed E-state index contributed by atoms with van der Waals surface area (Å²) in [5.74, 6) is 1.57. The first-order valence-corrected chi connectivity index (χ1v) is 7.75. The average Bonchev–Trinajstić information content (AvgIpc) is 2.45. The van der Waals surface area contributed by atoms with Crippen LogP contribution in [0.5, 0.6) is 5.75 Å². The van der Waals surface area contributed by atoms with Crippen LogP contribution in [0.4, 0.5) is 0 Å². The van der Waals surface area contributed by atoms with Gasteiger partial charge in [0.05, 0.1) is 12.6 Å². The molecule has 1 amide bonds. The fourth-order valence-electron chi connectivity index (χ4n) is 1.92. The lowest BCUT2D eigenvalue weighted by Gasteiger charge is -2.15. The third kappa shape index (κ3) is 8.25. The number of carbonyl (C=O) groups is 1. The molecule has 0 aliphatic carbocycles. The number of hydrogen-bond donors (Lipinski definition) is 2. The van der Waals surface area contributed by atoms with E-state index >= 15 is 0 Å². The van der Waals surface area contributed by atoms with Crippen molar-refractivity contribution in [3.8, 4) is 5.75 Å². The van der Waals surface area contributed by atoms with Crippen LogP contribution in [-0.4, -0.2) is 19.1 Å². The zero-order valence-electron chi connectivity index (χ0n) is 13.8. The van der Waals surface area contributed by atoms with Crippen LogP contribution in [0, 0.1) is 5.92 Å². The van der Waals surface area contributed by atoms with Crippen molar-refractivity contribution in [3.63, 3.8) is 0 Å². The monoisotopic (exact) mass is 328 g/mol. The van der Waals surface area contributed by atoms with Gasteiger partial charge in [0.1, 0.15) is 5.75 Å². The second kappa shape index (κ2) is 11.3. The van der Waals surface area contributed by atoms with Crippen LogP contribution < -0.4 is 15.8 Å². The Labute approximate surface area is 140 Å². The molecule has 4 nitrogen and oxygen atoms in total. The maximum Gasteiger partial charge on any atom is 0.220 e. The lowest BCUT2D eigenvalue weighted by molar-refractivity contribution is -0.121. The third-order valence-corrected chi connectivity index (χ3v) is 3.33. The van der Waals surface area contributed by atoms with E-state index < -0.39 is 0 Å². The number of carbonyl (C=O) groups excluding carboxylic acids is 1. The fourth-order valence-corrected chi connectivity index (χ4v) is 1.92. The standard InChI is InChI=1S/C17H28N2O2.ClH/c1-13(2)10-12-21-16-8-6-15(7-9-16)14(3)19-17(20)5-4-11-18;/h6-9,13-14H,4-5,10-12,18H2,1-3H3,(H,19,20);1H. The fraction of sp³-hybridized carbons (Fsp3) is 0.588.